The molecule has 0 saturated carbocycles. The molecular weight excluding hydrogens is 384 g/mol. The Morgan fingerprint density at radius 1 is 1.10 bits per heavy atom. The van der Waals surface area contributed by atoms with Crippen molar-refractivity contribution in [3.05, 3.63) is 68.4 Å². The summed E-state index contributed by atoms with van der Waals surface area (Å²) in [5.41, 5.74) is 7.51. The average molecular weight is 397 g/mol. The molecule has 3 aromatic rings. The third-order valence-electron chi connectivity index (χ3n) is 3.24. The van der Waals surface area contributed by atoms with Gasteiger partial charge in [-0.05, 0) is 70.3 Å². The number of thiophene rings is 1. The van der Waals surface area contributed by atoms with Gasteiger partial charge in [-0.2, -0.15) is 0 Å². The maximum absolute atomic E-state index is 13.2. The van der Waals surface area contributed by atoms with E-state index in [1.807, 2.05) is 6.07 Å². The summed E-state index contributed by atoms with van der Waals surface area (Å²) in [5, 5.41) is 1.06. The Morgan fingerprint density at radius 2 is 1.85 bits per heavy atom. The summed E-state index contributed by atoms with van der Waals surface area (Å²) in [7, 11) is 0. The van der Waals surface area contributed by atoms with Crippen LogP contribution < -0.4 is 5.73 Å². The Kier molecular flexibility index (Phi) is 4.05. The van der Waals surface area contributed by atoms with Crippen molar-refractivity contribution in [1.29, 1.82) is 0 Å². The predicted molar refractivity (Wildman–Crippen MR) is 91.6 cm³/mol. The second-order valence-corrected chi connectivity index (χ2v) is 7.13. The minimum absolute atomic E-state index is 0.0458. The largest absolute Gasteiger partial charge is 0.323 e. The summed E-state index contributed by atoms with van der Waals surface area (Å²) in [5.74, 6) is -0.197. The van der Waals surface area contributed by atoms with Gasteiger partial charge in [0, 0.05) is 19.2 Å². The molecule has 2 aromatic carbocycles. The summed E-state index contributed by atoms with van der Waals surface area (Å²) in [6, 6.07) is 15.3. The Hall–Kier alpha value is -0.980. The minimum atomic E-state index is -0.197. The van der Waals surface area contributed by atoms with Gasteiger partial charge >= 0.3 is 0 Å². The average Bonchev–Trinajstić information content (AvgIpc) is 2.84. The first-order chi connectivity index (χ1) is 9.61. The summed E-state index contributed by atoms with van der Waals surface area (Å²) in [6.07, 6.45) is 0.798. The van der Waals surface area contributed by atoms with Gasteiger partial charge < -0.3 is 5.73 Å². The van der Waals surface area contributed by atoms with E-state index < -0.39 is 0 Å². The van der Waals surface area contributed by atoms with Crippen molar-refractivity contribution in [1.82, 2.24) is 0 Å². The quantitative estimate of drug-likeness (QED) is 0.626. The first kappa shape index (κ1) is 14.0. The highest BCUT2D eigenvalue weighted by Crippen LogP contribution is 2.31. The van der Waals surface area contributed by atoms with E-state index in [2.05, 4.69) is 52.9 Å². The molecule has 1 aromatic heterocycles. The number of hydrogen-bond acceptors (Lipinski definition) is 2. The van der Waals surface area contributed by atoms with Crippen molar-refractivity contribution in [2.75, 3.05) is 0 Å². The molecule has 4 heteroatoms. The summed E-state index contributed by atoms with van der Waals surface area (Å²) < 4.78 is 15.4. The third kappa shape index (κ3) is 3.02. The van der Waals surface area contributed by atoms with Crippen LogP contribution >= 0.6 is 33.9 Å². The molecule has 0 saturated heterocycles. The molecule has 1 nitrogen and oxygen atoms in total. The predicted octanol–water partition coefficient (Wildman–Crippen LogP) is 4.89. The van der Waals surface area contributed by atoms with Gasteiger partial charge in [-0.1, -0.05) is 18.2 Å². The van der Waals surface area contributed by atoms with Gasteiger partial charge in [0.1, 0.15) is 5.82 Å². The second kappa shape index (κ2) is 5.79. The van der Waals surface area contributed by atoms with Crippen LogP contribution in [0.2, 0.25) is 0 Å². The number of nitrogens with two attached hydrogens (primary N) is 1. The monoisotopic (exact) mass is 397 g/mol. The zero-order chi connectivity index (χ0) is 14.1. The molecule has 2 N–H and O–H groups in total. The van der Waals surface area contributed by atoms with E-state index in [1.165, 1.54) is 15.2 Å². The van der Waals surface area contributed by atoms with E-state index in [0.29, 0.717) is 0 Å². The Bertz CT molecular complexity index is 736. The van der Waals surface area contributed by atoms with Crippen LogP contribution in [0.15, 0.2) is 48.5 Å². The van der Waals surface area contributed by atoms with Crippen LogP contribution in [0, 0.1) is 9.39 Å². The molecule has 0 spiro atoms. The molecule has 0 bridgehead atoms. The van der Waals surface area contributed by atoms with Crippen molar-refractivity contribution >= 4 is 44.0 Å². The molecule has 0 aliphatic heterocycles. The van der Waals surface area contributed by atoms with Gasteiger partial charge in [0.05, 0.1) is 0 Å². The van der Waals surface area contributed by atoms with Crippen molar-refractivity contribution in [3.8, 4) is 0 Å². The fourth-order valence-corrected chi connectivity index (χ4v) is 3.63. The number of halogens is 2. The van der Waals surface area contributed by atoms with E-state index in [4.69, 9.17) is 5.73 Å². The van der Waals surface area contributed by atoms with Gasteiger partial charge in [0.15, 0.2) is 0 Å². The van der Waals surface area contributed by atoms with Crippen LogP contribution in [0.5, 0.6) is 0 Å². The molecule has 0 amide bonds. The fourth-order valence-electron chi connectivity index (χ4n) is 2.18. The first-order valence-electron chi connectivity index (χ1n) is 6.31. The second-order valence-electron chi connectivity index (χ2n) is 4.77. The van der Waals surface area contributed by atoms with Crippen LogP contribution in [0.3, 0.4) is 0 Å². The first-order valence-corrected chi connectivity index (χ1v) is 8.20. The third-order valence-corrected chi connectivity index (χ3v) is 5.18. The highest BCUT2D eigenvalue weighted by molar-refractivity contribution is 14.1. The van der Waals surface area contributed by atoms with Gasteiger partial charge in [-0.25, -0.2) is 4.39 Å². The van der Waals surface area contributed by atoms with Crippen LogP contribution in [0.4, 0.5) is 4.39 Å². The van der Waals surface area contributed by atoms with Gasteiger partial charge in [0.25, 0.3) is 0 Å². The molecule has 3 rings (SSSR count). The number of rotatable bonds is 3. The molecule has 1 unspecified atom stereocenters. The molecule has 1 heterocycles. The van der Waals surface area contributed by atoms with Gasteiger partial charge in [-0.15, -0.1) is 11.3 Å². The lowest BCUT2D eigenvalue weighted by atomic mass is 10.1. The van der Waals surface area contributed by atoms with Crippen LogP contribution in [-0.2, 0) is 6.42 Å². The Balaban J connectivity index is 1.84. The molecule has 0 aliphatic rings. The van der Waals surface area contributed by atoms with E-state index in [1.54, 1.807) is 17.4 Å². The van der Waals surface area contributed by atoms with E-state index >= 15 is 0 Å². The topological polar surface area (TPSA) is 26.0 Å². The van der Waals surface area contributed by atoms with Gasteiger partial charge in [-0.3, -0.25) is 0 Å². The van der Waals surface area contributed by atoms with E-state index in [0.717, 1.165) is 21.4 Å². The van der Waals surface area contributed by atoms with Crippen molar-refractivity contribution in [2.24, 2.45) is 5.73 Å². The normalized spacial score (nSPS) is 12.8. The molecule has 0 aliphatic carbocycles. The lowest BCUT2D eigenvalue weighted by Gasteiger charge is -2.09. The zero-order valence-corrected chi connectivity index (χ0v) is 13.6. The van der Waals surface area contributed by atoms with Crippen LogP contribution in [0.1, 0.15) is 16.5 Å². The molecule has 0 fully saturated rings. The molecule has 102 valence electrons. The summed E-state index contributed by atoms with van der Waals surface area (Å²) in [4.78, 5) is 1.10. The van der Waals surface area contributed by atoms with Crippen molar-refractivity contribution < 1.29 is 4.39 Å². The molecule has 1 atom stereocenters. The van der Waals surface area contributed by atoms with E-state index in [9.17, 15) is 4.39 Å². The maximum atomic E-state index is 13.2. The van der Waals surface area contributed by atoms with Crippen molar-refractivity contribution in [3.63, 3.8) is 0 Å². The highest BCUT2D eigenvalue weighted by atomic mass is 127. The number of hydrogen-bond donors (Lipinski definition) is 1. The molecule has 20 heavy (non-hydrogen) atoms. The highest BCUT2D eigenvalue weighted by Gasteiger charge is 2.11. The van der Waals surface area contributed by atoms with Crippen molar-refractivity contribution in [2.45, 2.75) is 12.5 Å². The zero-order valence-electron chi connectivity index (χ0n) is 10.6. The number of benzene rings is 2. The summed E-state index contributed by atoms with van der Waals surface area (Å²) in [6.45, 7) is 0. The maximum Gasteiger partial charge on any atom is 0.124 e. The smallest absolute Gasteiger partial charge is 0.124 e. The Morgan fingerprint density at radius 3 is 2.60 bits per heavy atom. The standard InChI is InChI=1S/C16H13FINS/c17-12-4-3-11-8-16(20-15(11)9-12)14(19)7-10-1-5-13(18)6-2-10/h1-6,8-9,14H,7,19H2. The van der Waals surface area contributed by atoms with E-state index in [-0.39, 0.29) is 11.9 Å². The minimum Gasteiger partial charge on any atom is -0.323 e. The van der Waals surface area contributed by atoms with Gasteiger partial charge in [0.2, 0.25) is 0 Å². The van der Waals surface area contributed by atoms with Crippen LogP contribution in [-0.4, -0.2) is 0 Å². The molecule has 0 radical (unpaired) electrons. The summed E-state index contributed by atoms with van der Waals surface area (Å²) >= 11 is 3.86. The number of fused-ring (bicyclic) bond motifs is 1. The fraction of sp³-hybridized carbons (Fsp3) is 0.125. The Labute approximate surface area is 134 Å². The van der Waals surface area contributed by atoms with Crippen LogP contribution in [0.25, 0.3) is 10.1 Å². The lowest BCUT2D eigenvalue weighted by molar-refractivity contribution is 0.630. The molecular formula is C16H13FINS. The SMILES string of the molecule is NC(Cc1ccc(I)cc1)c1cc2ccc(F)cc2s1. The lowest BCUT2D eigenvalue weighted by Crippen LogP contribution is -2.11.